The largest absolute Gasteiger partial charge is 0.508 e. The van der Waals surface area contributed by atoms with Crippen LogP contribution in [0.4, 0.5) is 0 Å². The first kappa shape index (κ1) is 24.7. The maximum atomic E-state index is 12.2. The van der Waals surface area contributed by atoms with Gasteiger partial charge in [-0.3, -0.25) is 4.79 Å². The van der Waals surface area contributed by atoms with Gasteiger partial charge in [-0.05, 0) is 47.5 Å². The molecule has 6 heteroatoms. The molecule has 0 saturated heterocycles. The number of ketones is 1. The molecule has 33 heavy (non-hydrogen) atoms. The molecule has 0 fully saturated rings. The Hall–Kier alpha value is -4.55. The number of rotatable bonds is 11. The Kier molecular flexibility index (Phi) is 9.73. The van der Waals surface area contributed by atoms with Crippen LogP contribution in [0.5, 0.6) is 23.0 Å². The Balaban J connectivity index is 2.05. The molecule has 0 aliphatic rings. The number of carbonyl (C=O) groups excluding carboxylic acids is 1. The third-order valence-electron chi connectivity index (χ3n) is 4.17. The fraction of sp³-hybridized carbons (Fsp3) is 0.148. The van der Waals surface area contributed by atoms with E-state index in [0.29, 0.717) is 23.0 Å². The first-order chi connectivity index (χ1) is 16.0. The van der Waals surface area contributed by atoms with Gasteiger partial charge < -0.3 is 24.1 Å². The Morgan fingerprint density at radius 3 is 1.79 bits per heavy atom. The third-order valence-corrected chi connectivity index (χ3v) is 4.17. The van der Waals surface area contributed by atoms with Crippen LogP contribution in [0.3, 0.4) is 0 Å². The van der Waals surface area contributed by atoms with Crippen LogP contribution in [0.15, 0.2) is 60.4 Å². The zero-order valence-electron chi connectivity index (χ0n) is 18.4. The molecule has 1 N–H and O–H groups in total. The number of hydrogen-bond acceptors (Lipinski definition) is 6. The molecule has 0 aromatic heterocycles. The number of methoxy groups -OCH3 is 2. The van der Waals surface area contributed by atoms with Crippen LogP contribution in [0, 0.1) is 24.7 Å². The van der Waals surface area contributed by atoms with E-state index in [4.69, 9.17) is 31.8 Å². The number of hydrogen-bond donors (Lipinski definition) is 1. The van der Waals surface area contributed by atoms with Crippen molar-refractivity contribution >= 4 is 17.9 Å². The van der Waals surface area contributed by atoms with Crippen LogP contribution in [-0.4, -0.2) is 38.3 Å². The van der Waals surface area contributed by atoms with Crippen LogP contribution in [0.1, 0.15) is 11.1 Å². The highest BCUT2D eigenvalue weighted by Crippen LogP contribution is 2.29. The molecular weight excluding hydrogens is 420 g/mol. The monoisotopic (exact) mass is 444 g/mol. The summed E-state index contributed by atoms with van der Waals surface area (Å²) in [6.45, 7) is 0.249. The lowest BCUT2D eigenvalue weighted by Crippen LogP contribution is -1.97. The van der Waals surface area contributed by atoms with Crippen LogP contribution in [0.2, 0.25) is 0 Å². The van der Waals surface area contributed by atoms with Crippen molar-refractivity contribution in [3.05, 3.63) is 71.5 Å². The SMILES string of the molecule is C#CCOc1ccc(/C=C/C(=O)C=C(O)/C=C/c2ccc(OCC#C)c(OC)c2)cc1OC. The Labute approximate surface area is 193 Å². The molecule has 0 radical (unpaired) electrons. The van der Waals surface area contributed by atoms with Gasteiger partial charge in [-0.1, -0.05) is 36.1 Å². The van der Waals surface area contributed by atoms with E-state index >= 15 is 0 Å². The highest BCUT2D eigenvalue weighted by molar-refractivity contribution is 6.02. The minimum Gasteiger partial charge on any atom is -0.508 e. The second kappa shape index (κ2) is 13.0. The lowest BCUT2D eigenvalue weighted by Gasteiger charge is -2.09. The molecule has 168 valence electrons. The molecule has 0 bridgehead atoms. The smallest absolute Gasteiger partial charge is 0.182 e. The molecule has 0 saturated carbocycles. The molecular formula is C27H24O6. The van der Waals surface area contributed by atoms with Crippen molar-refractivity contribution in [2.24, 2.45) is 0 Å². The summed E-state index contributed by atoms with van der Waals surface area (Å²) in [5, 5.41) is 10.1. The normalized spacial score (nSPS) is 11.1. The van der Waals surface area contributed by atoms with E-state index in [-0.39, 0.29) is 24.8 Å². The molecule has 0 atom stereocenters. The molecule has 0 aliphatic heterocycles. The average Bonchev–Trinajstić information content (AvgIpc) is 2.83. The summed E-state index contributed by atoms with van der Waals surface area (Å²) < 4.78 is 21.3. The lowest BCUT2D eigenvalue weighted by atomic mass is 10.1. The maximum Gasteiger partial charge on any atom is 0.182 e. The predicted octanol–water partition coefficient (Wildman–Crippen LogP) is 4.47. The van der Waals surface area contributed by atoms with E-state index in [1.54, 1.807) is 48.6 Å². The number of terminal acetylenes is 2. The van der Waals surface area contributed by atoms with E-state index in [1.807, 2.05) is 0 Å². The molecule has 2 aromatic rings. The summed E-state index contributed by atoms with van der Waals surface area (Å²) in [6, 6.07) is 10.4. The van der Waals surface area contributed by atoms with Crippen molar-refractivity contribution in [1.29, 1.82) is 0 Å². The second-order valence-electron chi connectivity index (χ2n) is 6.44. The zero-order valence-corrected chi connectivity index (χ0v) is 18.4. The van der Waals surface area contributed by atoms with Gasteiger partial charge in [0.2, 0.25) is 0 Å². The summed E-state index contributed by atoms with van der Waals surface area (Å²) in [6.07, 6.45) is 17.5. The first-order valence-electron chi connectivity index (χ1n) is 9.80. The van der Waals surface area contributed by atoms with Gasteiger partial charge in [0.15, 0.2) is 28.8 Å². The highest BCUT2D eigenvalue weighted by atomic mass is 16.5. The van der Waals surface area contributed by atoms with Crippen LogP contribution in [-0.2, 0) is 4.79 Å². The fourth-order valence-corrected chi connectivity index (χ4v) is 2.65. The van der Waals surface area contributed by atoms with Gasteiger partial charge >= 0.3 is 0 Å². The van der Waals surface area contributed by atoms with Crippen LogP contribution in [0.25, 0.3) is 12.2 Å². The van der Waals surface area contributed by atoms with E-state index < -0.39 is 0 Å². The Morgan fingerprint density at radius 1 is 0.848 bits per heavy atom. The molecule has 6 nitrogen and oxygen atoms in total. The minimum absolute atomic E-state index is 0.123. The summed E-state index contributed by atoms with van der Waals surface area (Å²) >= 11 is 0. The summed E-state index contributed by atoms with van der Waals surface area (Å²) in [4.78, 5) is 12.2. The minimum atomic E-state index is -0.389. The topological polar surface area (TPSA) is 74.2 Å². The predicted molar refractivity (Wildman–Crippen MR) is 128 cm³/mol. The molecule has 0 unspecified atom stereocenters. The number of aliphatic hydroxyl groups excluding tert-OH is 1. The van der Waals surface area contributed by atoms with Crippen LogP contribution < -0.4 is 18.9 Å². The molecule has 0 amide bonds. The molecule has 2 aromatic carbocycles. The van der Waals surface area contributed by atoms with E-state index in [1.165, 1.54) is 26.4 Å². The first-order valence-corrected chi connectivity index (χ1v) is 9.80. The standard InChI is InChI=1S/C27H24O6/c1-5-15-32-24-13-9-20(17-26(24)30-3)7-11-22(28)19-23(29)12-8-21-10-14-25(33-16-6-2)27(18-21)31-4/h1-2,7-14,17-19,28H,15-16H2,3-4H3/b11-7+,12-8+,22-19?. The van der Waals surface area contributed by atoms with E-state index in [0.717, 1.165) is 17.2 Å². The van der Waals surface area contributed by atoms with E-state index in [2.05, 4.69) is 11.8 Å². The number of carbonyl (C=O) groups is 1. The van der Waals surface area contributed by atoms with Crippen molar-refractivity contribution in [3.63, 3.8) is 0 Å². The quantitative estimate of drug-likeness (QED) is 0.239. The Bertz CT molecular complexity index is 1140. The average molecular weight is 444 g/mol. The molecule has 0 spiro atoms. The van der Waals surface area contributed by atoms with Crippen molar-refractivity contribution in [2.45, 2.75) is 0 Å². The van der Waals surface area contributed by atoms with Crippen molar-refractivity contribution in [3.8, 4) is 47.7 Å². The highest BCUT2D eigenvalue weighted by Gasteiger charge is 2.05. The van der Waals surface area contributed by atoms with Crippen LogP contribution >= 0.6 is 0 Å². The molecule has 0 aliphatic carbocycles. The summed E-state index contributed by atoms with van der Waals surface area (Å²) in [5.41, 5.74) is 1.46. The van der Waals surface area contributed by atoms with Gasteiger partial charge in [0.1, 0.15) is 19.0 Å². The zero-order chi connectivity index (χ0) is 24.1. The van der Waals surface area contributed by atoms with Gasteiger partial charge in [-0.15, -0.1) is 12.8 Å². The third kappa shape index (κ3) is 7.90. The van der Waals surface area contributed by atoms with Crippen molar-refractivity contribution < 1.29 is 28.8 Å². The molecule has 2 rings (SSSR count). The summed E-state index contributed by atoms with van der Waals surface area (Å²) in [5.74, 6) is 6.20. The van der Waals surface area contributed by atoms with Gasteiger partial charge in [-0.2, -0.15) is 0 Å². The second-order valence-corrected chi connectivity index (χ2v) is 6.44. The van der Waals surface area contributed by atoms with E-state index in [9.17, 15) is 9.90 Å². The van der Waals surface area contributed by atoms with Gasteiger partial charge in [0, 0.05) is 6.08 Å². The number of aliphatic hydroxyl groups is 1. The number of benzene rings is 2. The van der Waals surface area contributed by atoms with Crippen molar-refractivity contribution in [2.75, 3.05) is 27.4 Å². The number of allylic oxidation sites excluding steroid dienone is 3. The van der Waals surface area contributed by atoms with Gasteiger partial charge in [-0.25, -0.2) is 0 Å². The molecule has 0 heterocycles. The van der Waals surface area contributed by atoms with Gasteiger partial charge in [0.25, 0.3) is 0 Å². The number of ether oxygens (including phenoxy) is 4. The maximum absolute atomic E-state index is 12.2. The lowest BCUT2D eigenvalue weighted by molar-refractivity contribution is -0.110. The Morgan fingerprint density at radius 2 is 1.33 bits per heavy atom. The fourth-order valence-electron chi connectivity index (χ4n) is 2.65. The van der Waals surface area contributed by atoms with Crippen molar-refractivity contribution in [1.82, 2.24) is 0 Å². The van der Waals surface area contributed by atoms with Gasteiger partial charge in [0.05, 0.1) is 14.2 Å². The summed E-state index contributed by atoms with van der Waals surface area (Å²) in [7, 11) is 3.03.